The van der Waals surface area contributed by atoms with Gasteiger partial charge in [-0.15, -0.1) is 0 Å². The highest BCUT2D eigenvalue weighted by Crippen LogP contribution is 2.18. The van der Waals surface area contributed by atoms with E-state index in [4.69, 9.17) is 5.73 Å². The predicted molar refractivity (Wildman–Crippen MR) is 75.4 cm³/mol. The molecule has 2 amide bonds. The Kier molecular flexibility index (Phi) is 6.84. The lowest BCUT2D eigenvalue weighted by molar-refractivity contribution is -0.138. The van der Waals surface area contributed by atoms with Crippen molar-refractivity contribution in [3.05, 3.63) is 0 Å². The molecule has 0 bridgehead atoms. The fourth-order valence-corrected chi connectivity index (χ4v) is 2.31. The molecule has 1 atom stereocenters. The van der Waals surface area contributed by atoms with E-state index in [1.165, 1.54) is 0 Å². The number of carbonyl (C=O) groups excluding carboxylic acids is 2. The molecule has 3 N–H and O–H groups in total. The average molecular weight is 269 g/mol. The summed E-state index contributed by atoms with van der Waals surface area (Å²) in [6.07, 6.45) is 3.64. The Morgan fingerprint density at radius 3 is 2.53 bits per heavy atom. The standard InChI is InChI=1S/C14H27N3O2/c1-3-4-7-16-13(18)12-5-8-17(9-6-12)14(19)11(2)10-15/h11-12H,3-10,15H2,1-2H3,(H,16,18). The summed E-state index contributed by atoms with van der Waals surface area (Å²) in [7, 11) is 0. The molecule has 19 heavy (non-hydrogen) atoms. The lowest BCUT2D eigenvalue weighted by atomic mass is 9.95. The Labute approximate surface area is 115 Å². The highest BCUT2D eigenvalue weighted by atomic mass is 16.2. The van der Waals surface area contributed by atoms with E-state index in [2.05, 4.69) is 12.2 Å². The third-order valence-corrected chi connectivity index (χ3v) is 3.78. The third-order valence-electron chi connectivity index (χ3n) is 3.78. The predicted octanol–water partition coefficient (Wildman–Crippen LogP) is 0.736. The van der Waals surface area contributed by atoms with Crippen molar-refractivity contribution in [1.82, 2.24) is 10.2 Å². The number of hydrogen-bond donors (Lipinski definition) is 2. The van der Waals surface area contributed by atoms with Gasteiger partial charge in [-0.05, 0) is 19.3 Å². The molecular formula is C14H27N3O2. The number of nitrogens with one attached hydrogen (secondary N) is 1. The molecule has 5 nitrogen and oxygen atoms in total. The second-order valence-electron chi connectivity index (χ2n) is 5.38. The van der Waals surface area contributed by atoms with Gasteiger partial charge in [0.1, 0.15) is 0 Å². The smallest absolute Gasteiger partial charge is 0.226 e. The maximum Gasteiger partial charge on any atom is 0.226 e. The summed E-state index contributed by atoms with van der Waals surface area (Å²) >= 11 is 0. The number of amides is 2. The van der Waals surface area contributed by atoms with Gasteiger partial charge < -0.3 is 16.0 Å². The van der Waals surface area contributed by atoms with Gasteiger partial charge in [-0.1, -0.05) is 20.3 Å². The van der Waals surface area contributed by atoms with E-state index in [-0.39, 0.29) is 23.7 Å². The highest BCUT2D eigenvalue weighted by molar-refractivity contribution is 5.81. The van der Waals surface area contributed by atoms with Crippen LogP contribution in [0.15, 0.2) is 0 Å². The van der Waals surface area contributed by atoms with E-state index >= 15 is 0 Å². The number of hydrogen-bond acceptors (Lipinski definition) is 3. The summed E-state index contributed by atoms with van der Waals surface area (Å²) in [6, 6.07) is 0. The first-order chi connectivity index (χ1) is 9.10. The largest absolute Gasteiger partial charge is 0.356 e. The van der Waals surface area contributed by atoms with Crippen molar-refractivity contribution in [2.75, 3.05) is 26.2 Å². The molecule has 1 heterocycles. The van der Waals surface area contributed by atoms with Crippen molar-refractivity contribution in [3.63, 3.8) is 0 Å². The number of carbonyl (C=O) groups is 2. The van der Waals surface area contributed by atoms with Crippen molar-refractivity contribution in [2.24, 2.45) is 17.6 Å². The van der Waals surface area contributed by atoms with Gasteiger partial charge >= 0.3 is 0 Å². The Balaban J connectivity index is 2.32. The van der Waals surface area contributed by atoms with Gasteiger partial charge in [-0.3, -0.25) is 9.59 Å². The van der Waals surface area contributed by atoms with Crippen LogP contribution < -0.4 is 11.1 Å². The molecule has 1 saturated heterocycles. The van der Waals surface area contributed by atoms with Crippen LogP contribution in [0.1, 0.15) is 39.5 Å². The Bertz CT molecular complexity index is 299. The highest BCUT2D eigenvalue weighted by Gasteiger charge is 2.28. The maximum absolute atomic E-state index is 12.0. The summed E-state index contributed by atoms with van der Waals surface area (Å²) < 4.78 is 0. The Hall–Kier alpha value is -1.10. The fourth-order valence-electron chi connectivity index (χ4n) is 2.31. The first-order valence-electron chi connectivity index (χ1n) is 7.36. The lowest BCUT2D eigenvalue weighted by Gasteiger charge is -2.32. The molecule has 1 unspecified atom stereocenters. The van der Waals surface area contributed by atoms with Crippen LogP contribution in [0.3, 0.4) is 0 Å². The summed E-state index contributed by atoms with van der Waals surface area (Å²) in [5.41, 5.74) is 5.51. The topological polar surface area (TPSA) is 75.4 Å². The molecular weight excluding hydrogens is 242 g/mol. The molecule has 5 heteroatoms. The minimum Gasteiger partial charge on any atom is -0.356 e. The molecule has 0 spiro atoms. The van der Waals surface area contributed by atoms with Gasteiger partial charge in [-0.25, -0.2) is 0 Å². The summed E-state index contributed by atoms with van der Waals surface area (Å²) in [4.78, 5) is 25.7. The zero-order valence-corrected chi connectivity index (χ0v) is 12.2. The quantitative estimate of drug-likeness (QED) is 0.698. The van der Waals surface area contributed by atoms with Crippen molar-refractivity contribution >= 4 is 11.8 Å². The maximum atomic E-state index is 12.0. The third kappa shape index (κ3) is 4.82. The molecule has 0 radical (unpaired) electrons. The van der Waals surface area contributed by atoms with E-state index in [1.807, 2.05) is 11.8 Å². The minimum atomic E-state index is -0.116. The lowest BCUT2D eigenvalue weighted by Crippen LogP contribution is -2.45. The number of rotatable bonds is 6. The van der Waals surface area contributed by atoms with Crippen LogP contribution in [0.25, 0.3) is 0 Å². The zero-order chi connectivity index (χ0) is 14.3. The van der Waals surface area contributed by atoms with Crippen LogP contribution in [0, 0.1) is 11.8 Å². The van der Waals surface area contributed by atoms with Crippen LogP contribution in [-0.2, 0) is 9.59 Å². The molecule has 0 saturated carbocycles. The Morgan fingerprint density at radius 1 is 1.37 bits per heavy atom. The zero-order valence-electron chi connectivity index (χ0n) is 12.2. The van der Waals surface area contributed by atoms with Crippen molar-refractivity contribution in [2.45, 2.75) is 39.5 Å². The van der Waals surface area contributed by atoms with Gasteiger partial charge in [0.05, 0.1) is 0 Å². The molecule has 0 aromatic rings. The van der Waals surface area contributed by atoms with E-state index in [0.29, 0.717) is 19.6 Å². The average Bonchev–Trinajstić information content (AvgIpc) is 2.46. The first kappa shape index (κ1) is 16.0. The van der Waals surface area contributed by atoms with Crippen LogP contribution in [0.2, 0.25) is 0 Å². The molecule has 110 valence electrons. The second kappa shape index (κ2) is 8.15. The van der Waals surface area contributed by atoms with E-state index in [0.717, 1.165) is 32.2 Å². The summed E-state index contributed by atoms with van der Waals surface area (Å²) in [5.74, 6) is 0.212. The Morgan fingerprint density at radius 2 is 2.00 bits per heavy atom. The van der Waals surface area contributed by atoms with Gasteiger partial charge in [0.15, 0.2) is 0 Å². The minimum absolute atomic E-state index is 0.0640. The SMILES string of the molecule is CCCCNC(=O)C1CCN(C(=O)C(C)CN)CC1. The fraction of sp³-hybridized carbons (Fsp3) is 0.857. The molecule has 1 aliphatic rings. The molecule has 0 aliphatic carbocycles. The summed E-state index contributed by atoms with van der Waals surface area (Å²) in [5, 5.41) is 2.97. The van der Waals surface area contributed by atoms with E-state index < -0.39 is 0 Å². The van der Waals surface area contributed by atoms with Crippen molar-refractivity contribution in [1.29, 1.82) is 0 Å². The van der Waals surface area contributed by atoms with Crippen LogP contribution >= 0.6 is 0 Å². The van der Waals surface area contributed by atoms with Crippen molar-refractivity contribution in [3.8, 4) is 0 Å². The van der Waals surface area contributed by atoms with Gasteiger partial charge in [0.25, 0.3) is 0 Å². The molecule has 0 aromatic heterocycles. The van der Waals surface area contributed by atoms with E-state index in [1.54, 1.807) is 0 Å². The monoisotopic (exact) mass is 269 g/mol. The van der Waals surface area contributed by atoms with Crippen LogP contribution in [0.5, 0.6) is 0 Å². The van der Waals surface area contributed by atoms with Gasteiger partial charge in [-0.2, -0.15) is 0 Å². The normalized spacial score (nSPS) is 18.2. The molecule has 1 rings (SSSR count). The molecule has 1 aliphatic heterocycles. The number of piperidine rings is 1. The number of likely N-dealkylation sites (tertiary alicyclic amines) is 1. The van der Waals surface area contributed by atoms with Gasteiger partial charge in [0, 0.05) is 38.0 Å². The first-order valence-corrected chi connectivity index (χ1v) is 7.36. The van der Waals surface area contributed by atoms with Crippen LogP contribution in [-0.4, -0.2) is 42.9 Å². The molecule has 1 fully saturated rings. The second-order valence-corrected chi connectivity index (χ2v) is 5.38. The number of nitrogens with zero attached hydrogens (tertiary/aromatic N) is 1. The van der Waals surface area contributed by atoms with Gasteiger partial charge in [0.2, 0.25) is 11.8 Å². The van der Waals surface area contributed by atoms with Crippen LogP contribution in [0.4, 0.5) is 0 Å². The molecule has 0 aromatic carbocycles. The summed E-state index contributed by atoms with van der Waals surface area (Å²) in [6.45, 7) is 6.46. The number of nitrogens with two attached hydrogens (primary N) is 1. The van der Waals surface area contributed by atoms with Crippen molar-refractivity contribution < 1.29 is 9.59 Å². The number of unbranched alkanes of at least 4 members (excludes halogenated alkanes) is 1. The van der Waals surface area contributed by atoms with E-state index in [9.17, 15) is 9.59 Å².